The molecule has 0 aliphatic carbocycles. The Kier molecular flexibility index (Phi) is 4.62. The van der Waals surface area contributed by atoms with Crippen LogP contribution < -0.4 is 5.73 Å². The Morgan fingerprint density at radius 3 is 2.67 bits per heavy atom. The molecule has 0 aliphatic rings. The highest BCUT2D eigenvalue weighted by Gasteiger charge is 2.20. The lowest BCUT2D eigenvalue weighted by molar-refractivity contribution is 0.427. The summed E-state index contributed by atoms with van der Waals surface area (Å²) >= 11 is 5.96. The molecule has 0 radical (unpaired) electrons. The third kappa shape index (κ3) is 3.84. The second-order valence-corrected chi connectivity index (χ2v) is 4.82. The van der Waals surface area contributed by atoms with E-state index in [0.717, 1.165) is 17.0 Å². The van der Waals surface area contributed by atoms with E-state index < -0.39 is 0 Å². The molecule has 1 rings (SSSR count). The molecule has 0 aliphatic heterocycles. The van der Waals surface area contributed by atoms with Gasteiger partial charge in [0, 0.05) is 10.6 Å². The highest BCUT2D eigenvalue weighted by molar-refractivity contribution is 6.30. The van der Waals surface area contributed by atoms with Crippen LogP contribution in [0.25, 0.3) is 0 Å². The average molecular weight is 226 g/mol. The molecule has 1 atom stereocenters. The van der Waals surface area contributed by atoms with Crippen molar-refractivity contribution in [1.29, 1.82) is 0 Å². The zero-order valence-corrected chi connectivity index (χ0v) is 10.3. The number of hydrogen-bond acceptors (Lipinski definition) is 1. The Bertz CT molecular complexity index is 307. The zero-order chi connectivity index (χ0) is 11.3. The lowest BCUT2D eigenvalue weighted by Crippen LogP contribution is -2.32. The first-order valence-electron chi connectivity index (χ1n) is 5.61. The molecule has 0 amide bonds. The van der Waals surface area contributed by atoms with Gasteiger partial charge in [0.05, 0.1) is 0 Å². The van der Waals surface area contributed by atoms with Gasteiger partial charge in [-0.3, -0.25) is 0 Å². The maximum absolute atomic E-state index is 6.29. The largest absolute Gasteiger partial charge is 0.322 e. The molecule has 0 bridgehead atoms. The lowest BCUT2D eigenvalue weighted by Gasteiger charge is -2.25. The van der Waals surface area contributed by atoms with E-state index in [0.29, 0.717) is 0 Å². The van der Waals surface area contributed by atoms with E-state index in [-0.39, 0.29) is 5.54 Å². The van der Waals surface area contributed by atoms with Gasteiger partial charge >= 0.3 is 0 Å². The molecule has 2 N–H and O–H groups in total. The molecule has 2 heteroatoms. The zero-order valence-electron chi connectivity index (χ0n) is 9.59. The van der Waals surface area contributed by atoms with Gasteiger partial charge in [-0.1, -0.05) is 49.9 Å². The molecule has 0 aromatic heterocycles. The average Bonchev–Trinajstić information content (AvgIpc) is 2.18. The van der Waals surface area contributed by atoms with Gasteiger partial charge in [-0.2, -0.15) is 0 Å². The summed E-state index contributed by atoms with van der Waals surface area (Å²) in [4.78, 5) is 0. The highest BCUT2D eigenvalue weighted by atomic mass is 35.5. The Hall–Kier alpha value is -0.530. The summed E-state index contributed by atoms with van der Waals surface area (Å²) in [5.41, 5.74) is 7.17. The Morgan fingerprint density at radius 2 is 2.07 bits per heavy atom. The van der Waals surface area contributed by atoms with Crippen LogP contribution in [-0.2, 0) is 5.54 Å². The van der Waals surface area contributed by atoms with Crippen LogP contribution in [0.1, 0.15) is 45.1 Å². The van der Waals surface area contributed by atoms with Crippen molar-refractivity contribution in [2.75, 3.05) is 0 Å². The molecule has 0 fully saturated rings. The lowest BCUT2D eigenvalue weighted by atomic mass is 9.88. The molecule has 0 saturated heterocycles. The van der Waals surface area contributed by atoms with Crippen molar-refractivity contribution in [3.05, 3.63) is 34.9 Å². The van der Waals surface area contributed by atoms with Crippen molar-refractivity contribution in [3.63, 3.8) is 0 Å². The van der Waals surface area contributed by atoms with Gasteiger partial charge in [0.15, 0.2) is 0 Å². The minimum Gasteiger partial charge on any atom is -0.322 e. The minimum atomic E-state index is -0.250. The second-order valence-electron chi connectivity index (χ2n) is 4.38. The molecule has 0 saturated carbocycles. The van der Waals surface area contributed by atoms with E-state index >= 15 is 0 Å². The van der Waals surface area contributed by atoms with Crippen LogP contribution in [0.5, 0.6) is 0 Å². The number of halogens is 1. The number of unbranched alkanes of at least 4 members (excludes halogenated alkanes) is 2. The molecule has 15 heavy (non-hydrogen) atoms. The standard InChI is InChI=1S/C13H20ClN/c1-3-4-5-9-13(2,15)11-7-6-8-12(14)10-11/h6-8,10H,3-5,9,15H2,1-2H3. The van der Waals surface area contributed by atoms with Crippen LogP contribution in [0.15, 0.2) is 24.3 Å². The predicted octanol–water partition coefficient (Wildman–Crippen LogP) is 4.09. The van der Waals surface area contributed by atoms with E-state index in [1.165, 1.54) is 19.3 Å². The summed E-state index contributed by atoms with van der Waals surface area (Å²) < 4.78 is 0. The van der Waals surface area contributed by atoms with E-state index in [4.69, 9.17) is 17.3 Å². The van der Waals surface area contributed by atoms with E-state index in [1.54, 1.807) is 0 Å². The van der Waals surface area contributed by atoms with Crippen LogP contribution in [0.4, 0.5) is 0 Å². The molecular formula is C13H20ClN. The van der Waals surface area contributed by atoms with Gasteiger partial charge in [0.25, 0.3) is 0 Å². The quantitative estimate of drug-likeness (QED) is 0.751. The Labute approximate surface area is 97.6 Å². The van der Waals surface area contributed by atoms with Crippen LogP contribution >= 0.6 is 11.6 Å². The van der Waals surface area contributed by atoms with Gasteiger partial charge in [0.2, 0.25) is 0 Å². The molecule has 0 spiro atoms. The van der Waals surface area contributed by atoms with Gasteiger partial charge in [-0.15, -0.1) is 0 Å². The fourth-order valence-corrected chi connectivity index (χ4v) is 1.92. The first-order chi connectivity index (χ1) is 7.06. The van der Waals surface area contributed by atoms with E-state index in [1.807, 2.05) is 18.2 Å². The van der Waals surface area contributed by atoms with Crippen molar-refractivity contribution >= 4 is 11.6 Å². The topological polar surface area (TPSA) is 26.0 Å². The summed E-state index contributed by atoms with van der Waals surface area (Å²) in [6.07, 6.45) is 4.66. The fourth-order valence-electron chi connectivity index (χ4n) is 1.73. The van der Waals surface area contributed by atoms with Gasteiger partial charge in [0.1, 0.15) is 0 Å². The maximum atomic E-state index is 6.29. The molecule has 1 aromatic carbocycles. The van der Waals surface area contributed by atoms with Crippen LogP contribution in [0.2, 0.25) is 5.02 Å². The Morgan fingerprint density at radius 1 is 1.33 bits per heavy atom. The molecule has 1 nitrogen and oxygen atoms in total. The minimum absolute atomic E-state index is 0.250. The van der Waals surface area contributed by atoms with E-state index in [9.17, 15) is 0 Å². The molecular weight excluding hydrogens is 206 g/mol. The summed E-state index contributed by atoms with van der Waals surface area (Å²) in [5, 5.41) is 0.764. The third-order valence-electron chi connectivity index (χ3n) is 2.78. The smallest absolute Gasteiger partial charge is 0.0409 e. The van der Waals surface area contributed by atoms with Crippen LogP contribution in [-0.4, -0.2) is 0 Å². The SMILES string of the molecule is CCCCCC(C)(N)c1cccc(Cl)c1. The summed E-state index contributed by atoms with van der Waals surface area (Å²) in [7, 11) is 0. The Balaban J connectivity index is 2.67. The number of benzene rings is 1. The van der Waals surface area contributed by atoms with Crippen LogP contribution in [0.3, 0.4) is 0 Å². The number of nitrogens with two attached hydrogens (primary N) is 1. The molecule has 1 aromatic rings. The van der Waals surface area contributed by atoms with E-state index in [2.05, 4.69) is 19.9 Å². The van der Waals surface area contributed by atoms with Crippen LogP contribution in [0, 0.1) is 0 Å². The highest BCUT2D eigenvalue weighted by Crippen LogP contribution is 2.26. The monoisotopic (exact) mass is 225 g/mol. The maximum Gasteiger partial charge on any atom is 0.0409 e. The molecule has 84 valence electrons. The van der Waals surface area contributed by atoms with Crippen molar-refractivity contribution in [2.45, 2.75) is 45.1 Å². The van der Waals surface area contributed by atoms with Gasteiger partial charge in [-0.25, -0.2) is 0 Å². The predicted molar refractivity (Wildman–Crippen MR) is 67.1 cm³/mol. The summed E-state index contributed by atoms with van der Waals surface area (Å²) in [6.45, 7) is 4.28. The first kappa shape index (κ1) is 12.5. The molecule has 0 heterocycles. The fraction of sp³-hybridized carbons (Fsp3) is 0.538. The van der Waals surface area contributed by atoms with Crippen molar-refractivity contribution in [3.8, 4) is 0 Å². The first-order valence-corrected chi connectivity index (χ1v) is 5.99. The second kappa shape index (κ2) is 5.53. The van der Waals surface area contributed by atoms with Crippen molar-refractivity contribution in [1.82, 2.24) is 0 Å². The summed E-state index contributed by atoms with van der Waals surface area (Å²) in [6, 6.07) is 7.86. The van der Waals surface area contributed by atoms with Crippen molar-refractivity contribution < 1.29 is 0 Å². The molecule has 1 unspecified atom stereocenters. The summed E-state index contributed by atoms with van der Waals surface area (Å²) in [5.74, 6) is 0. The van der Waals surface area contributed by atoms with Gasteiger partial charge in [-0.05, 0) is 31.0 Å². The van der Waals surface area contributed by atoms with Crippen molar-refractivity contribution in [2.24, 2.45) is 5.73 Å². The normalized spacial score (nSPS) is 14.9. The van der Waals surface area contributed by atoms with Gasteiger partial charge < -0.3 is 5.73 Å². The third-order valence-corrected chi connectivity index (χ3v) is 3.02. The number of rotatable bonds is 5. The number of hydrogen-bond donors (Lipinski definition) is 1.